The Labute approximate surface area is 115 Å². The average Bonchev–Trinajstić information content (AvgIpc) is 2.48. The molecule has 0 aliphatic rings. The Morgan fingerprint density at radius 1 is 0.947 bits per heavy atom. The molecule has 0 unspecified atom stereocenters. The molecule has 0 saturated heterocycles. The molecule has 0 spiro atoms. The van der Waals surface area contributed by atoms with Crippen molar-refractivity contribution in [2.45, 2.75) is 9.92 Å². The lowest BCUT2D eigenvalue weighted by molar-refractivity contribution is 0.405. The van der Waals surface area contributed by atoms with Gasteiger partial charge in [0.2, 0.25) is 0 Å². The van der Waals surface area contributed by atoms with Crippen molar-refractivity contribution in [2.24, 2.45) is 0 Å². The van der Waals surface area contributed by atoms with Crippen LogP contribution in [0.3, 0.4) is 0 Å². The van der Waals surface area contributed by atoms with E-state index in [1.807, 2.05) is 48.5 Å². The molecule has 3 aromatic rings. The van der Waals surface area contributed by atoms with Gasteiger partial charge in [-0.05, 0) is 18.2 Å². The fraction of sp³-hybridized carbons (Fsp3) is 0.0667. The fourth-order valence-corrected chi connectivity index (χ4v) is 2.86. The third-order valence-corrected chi connectivity index (χ3v) is 3.86. The van der Waals surface area contributed by atoms with Gasteiger partial charge in [0.25, 0.3) is 0 Å². The van der Waals surface area contributed by atoms with E-state index in [0.29, 0.717) is 0 Å². The van der Waals surface area contributed by atoms with E-state index in [9.17, 15) is 0 Å². The van der Waals surface area contributed by atoms with Crippen molar-refractivity contribution in [1.29, 1.82) is 0 Å². The second-order valence-corrected chi connectivity index (χ2v) is 4.98. The Bertz CT molecular complexity index is 710. The molecule has 0 aliphatic carbocycles. The minimum atomic E-state index is 0.857. The van der Waals surface area contributed by atoms with Gasteiger partial charge < -0.3 is 4.74 Å². The number of ether oxygens (including phenoxy) is 1. The van der Waals surface area contributed by atoms with Crippen molar-refractivity contribution >= 4 is 22.7 Å². The zero-order valence-corrected chi connectivity index (χ0v) is 11.2. The van der Waals surface area contributed by atoms with Gasteiger partial charge in [-0.3, -0.25) is 0 Å². The van der Waals surface area contributed by atoms with Crippen LogP contribution >= 0.6 is 11.8 Å². The Morgan fingerprint density at radius 3 is 2.63 bits per heavy atom. The average molecular weight is 268 g/mol. The summed E-state index contributed by atoms with van der Waals surface area (Å²) in [5.74, 6) is 0.857. The zero-order chi connectivity index (χ0) is 13.1. The molecule has 3 rings (SSSR count). The number of aromatic nitrogens is 2. The minimum absolute atomic E-state index is 0.857. The molecule has 0 atom stereocenters. The van der Waals surface area contributed by atoms with Crippen LogP contribution in [0.5, 0.6) is 5.75 Å². The molecule has 0 N–H and O–H groups in total. The number of hydrogen-bond donors (Lipinski definition) is 0. The number of benzene rings is 2. The topological polar surface area (TPSA) is 35.0 Å². The molecule has 1 aromatic heterocycles. The van der Waals surface area contributed by atoms with Crippen molar-refractivity contribution in [2.75, 3.05) is 7.11 Å². The number of rotatable bonds is 3. The summed E-state index contributed by atoms with van der Waals surface area (Å²) < 4.78 is 5.37. The highest BCUT2D eigenvalue weighted by Gasteiger charge is 2.08. The molecule has 0 aliphatic heterocycles. The molecule has 0 saturated carbocycles. The van der Waals surface area contributed by atoms with E-state index in [4.69, 9.17) is 4.74 Å². The van der Waals surface area contributed by atoms with Gasteiger partial charge in [-0.25, -0.2) is 9.97 Å². The maximum absolute atomic E-state index is 5.37. The Kier molecular flexibility index (Phi) is 3.33. The lowest BCUT2D eigenvalue weighted by Gasteiger charge is -2.08. The third kappa shape index (κ3) is 2.39. The Morgan fingerprint density at radius 2 is 1.74 bits per heavy atom. The van der Waals surface area contributed by atoms with E-state index in [0.717, 1.165) is 26.6 Å². The predicted molar refractivity (Wildman–Crippen MR) is 76.7 cm³/mol. The summed E-state index contributed by atoms with van der Waals surface area (Å²) in [4.78, 5) is 9.69. The van der Waals surface area contributed by atoms with Crippen LogP contribution in [0.2, 0.25) is 0 Å². The quantitative estimate of drug-likeness (QED) is 0.677. The third-order valence-electron chi connectivity index (χ3n) is 2.78. The Balaban J connectivity index is 2.06. The number of para-hydroxylation sites is 2. The van der Waals surface area contributed by atoms with E-state index in [-0.39, 0.29) is 0 Å². The molecular formula is C15H12N2OS. The van der Waals surface area contributed by atoms with Crippen molar-refractivity contribution in [1.82, 2.24) is 9.97 Å². The molecule has 2 aromatic carbocycles. The fourth-order valence-electron chi connectivity index (χ4n) is 1.87. The molecule has 0 radical (unpaired) electrons. The maximum Gasteiger partial charge on any atom is 0.132 e. The summed E-state index contributed by atoms with van der Waals surface area (Å²) in [6.45, 7) is 0. The van der Waals surface area contributed by atoms with E-state index in [1.54, 1.807) is 25.2 Å². The largest absolute Gasteiger partial charge is 0.496 e. The van der Waals surface area contributed by atoms with Crippen LogP contribution in [0, 0.1) is 0 Å². The van der Waals surface area contributed by atoms with Crippen molar-refractivity contribution < 1.29 is 4.74 Å². The summed E-state index contributed by atoms with van der Waals surface area (Å²) in [6.07, 6.45) is 1.60. The number of fused-ring (bicyclic) bond motifs is 1. The van der Waals surface area contributed by atoms with E-state index in [2.05, 4.69) is 9.97 Å². The molecule has 19 heavy (non-hydrogen) atoms. The first-order valence-electron chi connectivity index (χ1n) is 5.89. The second-order valence-electron chi connectivity index (χ2n) is 3.95. The van der Waals surface area contributed by atoms with E-state index >= 15 is 0 Å². The zero-order valence-electron chi connectivity index (χ0n) is 10.4. The first kappa shape index (κ1) is 12.0. The van der Waals surface area contributed by atoms with Crippen LogP contribution in [0.15, 0.2) is 64.8 Å². The van der Waals surface area contributed by atoms with Crippen molar-refractivity contribution in [3.63, 3.8) is 0 Å². The summed E-state index contributed by atoms with van der Waals surface area (Å²) >= 11 is 1.59. The second kappa shape index (κ2) is 5.28. The summed E-state index contributed by atoms with van der Waals surface area (Å²) in [5.41, 5.74) is 0.954. The van der Waals surface area contributed by atoms with E-state index in [1.165, 1.54) is 0 Å². The first-order valence-corrected chi connectivity index (χ1v) is 6.71. The monoisotopic (exact) mass is 268 g/mol. The highest BCUT2D eigenvalue weighted by atomic mass is 32.2. The summed E-state index contributed by atoms with van der Waals surface area (Å²) in [5, 5.41) is 2.00. The number of methoxy groups -OCH3 is 1. The number of nitrogens with zero attached hydrogens (tertiary/aromatic N) is 2. The van der Waals surface area contributed by atoms with Crippen LogP contribution in [0.1, 0.15) is 0 Å². The SMILES string of the molecule is COc1ccccc1Sc1ncnc2ccccc12. The van der Waals surface area contributed by atoms with Crippen LogP contribution in [0.25, 0.3) is 10.9 Å². The highest BCUT2D eigenvalue weighted by molar-refractivity contribution is 7.99. The molecular weight excluding hydrogens is 256 g/mol. The molecule has 4 heteroatoms. The molecule has 0 amide bonds. The summed E-state index contributed by atoms with van der Waals surface area (Å²) in [6, 6.07) is 15.9. The van der Waals surface area contributed by atoms with Crippen molar-refractivity contribution in [3.05, 3.63) is 54.9 Å². The van der Waals surface area contributed by atoms with Gasteiger partial charge in [-0.1, -0.05) is 42.1 Å². The van der Waals surface area contributed by atoms with E-state index < -0.39 is 0 Å². The van der Waals surface area contributed by atoms with Gasteiger partial charge in [0, 0.05) is 5.39 Å². The highest BCUT2D eigenvalue weighted by Crippen LogP contribution is 2.36. The first-order chi connectivity index (χ1) is 9.38. The predicted octanol–water partition coefficient (Wildman–Crippen LogP) is 3.79. The van der Waals surface area contributed by atoms with Crippen LogP contribution in [0.4, 0.5) is 0 Å². The van der Waals surface area contributed by atoms with Gasteiger partial charge in [0.1, 0.15) is 17.1 Å². The standard InChI is InChI=1S/C15H12N2OS/c1-18-13-8-4-5-9-14(13)19-15-11-6-2-3-7-12(11)16-10-17-15/h2-10H,1H3. The Hall–Kier alpha value is -2.07. The summed E-state index contributed by atoms with van der Waals surface area (Å²) in [7, 11) is 1.68. The van der Waals surface area contributed by atoms with Crippen LogP contribution < -0.4 is 4.74 Å². The molecule has 94 valence electrons. The molecule has 0 fully saturated rings. The van der Waals surface area contributed by atoms with Gasteiger partial charge in [-0.2, -0.15) is 0 Å². The van der Waals surface area contributed by atoms with Gasteiger partial charge in [0.05, 0.1) is 17.5 Å². The number of hydrogen-bond acceptors (Lipinski definition) is 4. The lowest BCUT2D eigenvalue weighted by Crippen LogP contribution is -1.89. The van der Waals surface area contributed by atoms with Gasteiger partial charge in [-0.15, -0.1) is 0 Å². The molecule has 0 bridgehead atoms. The lowest BCUT2D eigenvalue weighted by atomic mass is 10.2. The minimum Gasteiger partial charge on any atom is -0.496 e. The molecule has 1 heterocycles. The van der Waals surface area contributed by atoms with Crippen molar-refractivity contribution in [3.8, 4) is 5.75 Å². The maximum atomic E-state index is 5.37. The molecule has 3 nitrogen and oxygen atoms in total. The van der Waals surface area contributed by atoms with Gasteiger partial charge >= 0.3 is 0 Å². The smallest absolute Gasteiger partial charge is 0.132 e. The normalized spacial score (nSPS) is 10.6. The van der Waals surface area contributed by atoms with Crippen LogP contribution in [-0.2, 0) is 0 Å². The van der Waals surface area contributed by atoms with Gasteiger partial charge in [0.15, 0.2) is 0 Å². The van der Waals surface area contributed by atoms with Crippen LogP contribution in [-0.4, -0.2) is 17.1 Å².